The van der Waals surface area contributed by atoms with Crippen LogP contribution < -0.4 is 5.32 Å². The maximum Gasteiger partial charge on any atom is 0.0798 e. The van der Waals surface area contributed by atoms with E-state index in [1.54, 1.807) is 16.9 Å². The van der Waals surface area contributed by atoms with Crippen molar-refractivity contribution in [1.29, 1.82) is 0 Å². The molecule has 1 heterocycles. The van der Waals surface area contributed by atoms with Crippen LogP contribution in [0.4, 0.5) is 0 Å². The van der Waals surface area contributed by atoms with Gasteiger partial charge in [-0.05, 0) is 39.2 Å². The molecule has 0 amide bonds. The highest BCUT2D eigenvalue weighted by molar-refractivity contribution is 7.09. The smallest absolute Gasteiger partial charge is 0.0798 e. The summed E-state index contributed by atoms with van der Waals surface area (Å²) >= 11 is 1.78. The van der Waals surface area contributed by atoms with Crippen LogP contribution in [0.2, 0.25) is 0 Å². The fourth-order valence-corrected chi connectivity index (χ4v) is 3.40. The van der Waals surface area contributed by atoms with Crippen molar-refractivity contribution in [3.63, 3.8) is 0 Å². The molecule has 1 aromatic heterocycles. The number of hydrogen-bond donors (Lipinski definition) is 1. The lowest BCUT2D eigenvalue weighted by molar-refractivity contribution is 0.594. The molecule has 0 bridgehead atoms. The van der Waals surface area contributed by atoms with Crippen LogP contribution in [0.1, 0.15) is 55.6 Å². The average Bonchev–Trinajstić information content (AvgIpc) is 2.60. The molecule has 1 N–H and O–H groups in total. The third kappa shape index (κ3) is 3.17. The molecule has 1 atom stereocenters. The van der Waals surface area contributed by atoms with E-state index < -0.39 is 0 Å². The van der Waals surface area contributed by atoms with Crippen molar-refractivity contribution < 1.29 is 0 Å². The number of likely N-dealkylation sites (N-methyl/N-ethyl adjacent to an activating group) is 1. The first kappa shape index (κ1) is 12.8. The Balaban J connectivity index is 2.22. The maximum atomic E-state index is 4.39. The van der Waals surface area contributed by atoms with Gasteiger partial charge in [-0.2, -0.15) is 0 Å². The molecule has 0 aliphatic heterocycles. The van der Waals surface area contributed by atoms with Gasteiger partial charge in [-0.25, -0.2) is 4.98 Å². The molecule has 0 aromatic carbocycles. The van der Waals surface area contributed by atoms with Crippen LogP contribution in [0, 0.1) is 6.92 Å². The Morgan fingerprint density at radius 3 is 3.00 bits per heavy atom. The highest BCUT2D eigenvalue weighted by atomic mass is 32.1. The van der Waals surface area contributed by atoms with Gasteiger partial charge in [-0.15, -0.1) is 11.3 Å². The third-order valence-corrected chi connectivity index (χ3v) is 4.40. The van der Waals surface area contributed by atoms with Gasteiger partial charge < -0.3 is 5.32 Å². The van der Waals surface area contributed by atoms with E-state index in [0.717, 1.165) is 6.54 Å². The first-order valence-electron chi connectivity index (χ1n) is 6.65. The van der Waals surface area contributed by atoms with Crippen LogP contribution in [0.15, 0.2) is 17.2 Å². The molecule has 94 valence electrons. The second-order valence-electron chi connectivity index (χ2n) is 4.67. The molecule has 2 rings (SSSR count). The Morgan fingerprint density at radius 1 is 1.41 bits per heavy atom. The monoisotopic (exact) mass is 250 g/mol. The predicted octanol–water partition coefficient (Wildman–Crippen LogP) is 3.99. The van der Waals surface area contributed by atoms with Crippen LogP contribution in [0.25, 0.3) is 0 Å². The Hall–Kier alpha value is -0.670. The van der Waals surface area contributed by atoms with Gasteiger partial charge in [-0.3, -0.25) is 0 Å². The van der Waals surface area contributed by atoms with E-state index in [9.17, 15) is 0 Å². The van der Waals surface area contributed by atoms with Crippen molar-refractivity contribution in [1.82, 2.24) is 10.3 Å². The Bertz CT molecular complexity index is 381. The summed E-state index contributed by atoms with van der Waals surface area (Å²) < 4.78 is 0. The van der Waals surface area contributed by atoms with Gasteiger partial charge >= 0.3 is 0 Å². The Labute approximate surface area is 108 Å². The second-order valence-corrected chi connectivity index (χ2v) is 5.56. The molecule has 0 saturated heterocycles. The SMILES string of the molecule is CCNC(C1=CCCCCC1)c1scnc1C. The largest absolute Gasteiger partial charge is 0.306 e. The lowest BCUT2D eigenvalue weighted by atomic mass is 9.99. The summed E-state index contributed by atoms with van der Waals surface area (Å²) in [4.78, 5) is 5.79. The fourth-order valence-electron chi connectivity index (χ4n) is 2.49. The summed E-state index contributed by atoms with van der Waals surface area (Å²) in [5, 5.41) is 3.63. The fraction of sp³-hybridized carbons (Fsp3) is 0.643. The number of allylic oxidation sites excluding steroid dienone is 1. The van der Waals surface area contributed by atoms with Crippen molar-refractivity contribution in [3.05, 3.63) is 27.7 Å². The number of nitrogens with one attached hydrogen (secondary N) is 1. The van der Waals surface area contributed by atoms with Gasteiger partial charge in [0.05, 0.1) is 17.2 Å². The minimum absolute atomic E-state index is 0.408. The molecule has 1 aliphatic carbocycles. The van der Waals surface area contributed by atoms with Gasteiger partial charge in [0.1, 0.15) is 0 Å². The minimum Gasteiger partial charge on any atom is -0.306 e. The normalized spacial score (nSPS) is 18.6. The molecular formula is C14H22N2S. The number of rotatable bonds is 4. The van der Waals surface area contributed by atoms with E-state index >= 15 is 0 Å². The van der Waals surface area contributed by atoms with E-state index in [1.165, 1.54) is 42.7 Å². The molecule has 1 unspecified atom stereocenters. The van der Waals surface area contributed by atoms with Gasteiger partial charge in [0.15, 0.2) is 0 Å². The van der Waals surface area contributed by atoms with Gasteiger partial charge in [-0.1, -0.05) is 25.0 Å². The van der Waals surface area contributed by atoms with Crippen LogP contribution in [0.5, 0.6) is 0 Å². The zero-order chi connectivity index (χ0) is 12.1. The number of hydrogen-bond acceptors (Lipinski definition) is 3. The summed E-state index contributed by atoms with van der Waals surface area (Å²) in [5.41, 5.74) is 4.73. The van der Waals surface area contributed by atoms with E-state index in [-0.39, 0.29) is 0 Å². The Kier molecular flexibility index (Phi) is 4.75. The maximum absolute atomic E-state index is 4.39. The number of aryl methyl sites for hydroxylation is 1. The summed E-state index contributed by atoms with van der Waals surface area (Å²) in [5.74, 6) is 0. The van der Waals surface area contributed by atoms with Crippen molar-refractivity contribution in [2.24, 2.45) is 0 Å². The second kappa shape index (κ2) is 6.31. The highest BCUT2D eigenvalue weighted by Crippen LogP contribution is 2.32. The molecule has 3 heteroatoms. The zero-order valence-electron chi connectivity index (χ0n) is 10.8. The predicted molar refractivity (Wildman–Crippen MR) is 74.4 cm³/mol. The molecule has 2 nitrogen and oxygen atoms in total. The molecule has 0 fully saturated rings. The van der Waals surface area contributed by atoms with E-state index in [1.807, 2.05) is 5.51 Å². The third-order valence-electron chi connectivity index (χ3n) is 3.40. The Morgan fingerprint density at radius 2 is 2.29 bits per heavy atom. The quantitative estimate of drug-likeness (QED) is 0.817. The standard InChI is InChI=1S/C14H22N2S/c1-3-15-13(14-11(2)16-10-17-14)12-8-6-4-5-7-9-12/h8,10,13,15H,3-7,9H2,1-2H3. The van der Waals surface area contributed by atoms with Crippen LogP contribution in [0.3, 0.4) is 0 Å². The first-order valence-corrected chi connectivity index (χ1v) is 7.53. The van der Waals surface area contributed by atoms with Gasteiger partial charge in [0, 0.05) is 4.88 Å². The topological polar surface area (TPSA) is 24.9 Å². The number of thiazole rings is 1. The van der Waals surface area contributed by atoms with Crippen molar-refractivity contribution in [2.45, 2.75) is 52.0 Å². The minimum atomic E-state index is 0.408. The van der Waals surface area contributed by atoms with Crippen LogP contribution >= 0.6 is 11.3 Å². The van der Waals surface area contributed by atoms with E-state index in [4.69, 9.17) is 0 Å². The number of aromatic nitrogens is 1. The van der Waals surface area contributed by atoms with Crippen molar-refractivity contribution in [3.8, 4) is 0 Å². The molecular weight excluding hydrogens is 228 g/mol. The highest BCUT2D eigenvalue weighted by Gasteiger charge is 2.20. The first-order chi connectivity index (χ1) is 8.33. The van der Waals surface area contributed by atoms with Crippen LogP contribution in [-0.2, 0) is 0 Å². The summed E-state index contributed by atoms with van der Waals surface area (Å²) in [7, 11) is 0. The van der Waals surface area contributed by atoms with Gasteiger partial charge in [0.2, 0.25) is 0 Å². The van der Waals surface area contributed by atoms with Crippen LogP contribution in [-0.4, -0.2) is 11.5 Å². The van der Waals surface area contributed by atoms with E-state index in [0.29, 0.717) is 6.04 Å². The van der Waals surface area contributed by atoms with Gasteiger partial charge in [0.25, 0.3) is 0 Å². The molecule has 0 radical (unpaired) electrons. The lowest BCUT2D eigenvalue weighted by Gasteiger charge is -2.20. The summed E-state index contributed by atoms with van der Waals surface area (Å²) in [6.07, 6.45) is 9.01. The molecule has 0 saturated carbocycles. The van der Waals surface area contributed by atoms with Crippen molar-refractivity contribution in [2.75, 3.05) is 6.54 Å². The average molecular weight is 250 g/mol. The lowest BCUT2D eigenvalue weighted by Crippen LogP contribution is -2.22. The molecule has 1 aromatic rings. The molecule has 0 spiro atoms. The summed E-state index contributed by atoms with van der Waals surface area (Å²) in [6.45, 7) is 5.31. The summed E-state index contributed by atoms with van der Waals surface area (Å²) in [6, 6.07) is 0.408. The molecule has 17 heavy (non-hydrogen) atoms. The van der Waals surface area contributed by atoms with Crippen molar-refractivity contribution >= 4 is 11.3 Å². The van der Waals surface area contributed by atoms with E-state index in [2.05, 4.69) is 30.2 Å². The molecule has 1 aliphatic rings. The zero-order valence-corrected chi connectivity index (χ0v) is 11.6. The number of nitrogens with zero attached hydrogens (tertiary/aromatic N) is 1.